The number of carbonyl (C=O) groups excluding carboxylic acids is 4. The van der Waals surface area contributed by atoms with Gasteiger partial charge in [0.05, 0.1) is 7.11 Å². The molecule has 0 aromatic heterocycles. The van der Waals surface area contributed by atoms with E-state index in [2.05, 4.69) is 26.3 Å². The fourth-order valence-electron chi connectivity index (χ4n) is 5.18. The Morgan fingerprint density at radius 1 is 0.820 bits per heavy atom. The number of hydrogen-bond donors (Lipinski definition) is 6. The number of hydrogen-bond acceptors (Lipinski definition) is 7. The lowest BCUT2D eigenvalue weighted by molar-refractivity contribution is -0.132. The van der Waals surface area contributed by atoms with Crippen molar-refractivity contribution in [3.63, 3.8) is 0 Å². The van der Waals surface area contributed by atoms with Gasteiger partial charge in [0.2, 0.25) is 17.7 Å². The maximum atomic E-state index is 13.8. The number of fused-ring (bicyclic) bond motifs is 1. The number of nitrogens with two attached hydrogens (primary N) is 2. The Bertz CT molecular complexity index is 1600. The van der Waals surface area contributed by atoms with Gasteiger partial charge in [-0.25, -0.2) is 4.79 Å². The van der Waals surface area contributed by atoms with E-state index in [9.17, 15) is 19.2 Å². The second kappa shape index (κ2) is 20.5. The second-order valence-electron chi connectivity index (χ2n) is 12.5. The number of methoxy groups -OCH3 is 1. The van der Waals surface area contributed by atoms with Gasteiger partial charge in [0, 0.05) is 23.7 Å². The highest BCUT2D eigenvalue weighted by atomic mass is 35.5. The van der Waals surface area contributed by atoms with Crippen molar-refractivity contribution < 1.29 is 28.7 Å². The molecule has 3 aromatic rings. The molecule has 3 unspecified atom stereocenters. The standard InChI is InChI=1S/C36H49N7O6.ClH/c1-22(2)18-29(42-34(46)31(23(3)4)43-36(47)49-21-24-12-7-6-8-13-24)33(45)41-28(16-11-17-39-35(37)38)32(44)40-26-19-25-14-9-10-15-27(25)30(20-26)48-5;/h6-10,12-15,19-20,22-23,28-29,31H,11,16-18,21H2,1-5H3,(H,40,44)(H,41,45)(H,42,46)(H,43,47)(H4,37,38,39);1H. The van der Waals surface area contributed by atoms with Crippen molar-refractivity contribution in [3.05, 3.63) is 72.3 Å². The van der Waals surface area contributed by atoms with Crippen LogP contribution in [-0.2, 0) is 25.7 Å². The third-order valence-corrected chi connectivity index (χ3v) is 7.66. The molecule has 0 radical (unpaired) electrons. The first-order valence-corrected chi connectivity index (χ1v) is 16.4. The van der Waals surface area contributed by atoms with Crippen LogP contribution in [-0.4, -0.2) is 61.6 Å². The summed E-state index contributed by atoms with van der Waals surface area (Å²) in [7, 11) is 1.55. The first kappa shape index (κ1) is 41.1. The molecule has 0 saturated carbocycles. The molecule has 3 atom stereocenters. The van der Waals surface area contributed by atoms with E-state index in [4.69, 9.17) is 20.9 Å². The van der Waals surface area contributed by atoms with E-state index in [0.717, 1.165) is 16.3 Å². The average molecular weight is 712 g/mol. The molecule has 50 heavy (non-hydrogen) atoms. The molecule has 13 nitrogen and oxygen atoms in total. The molecule has 0 aliphatic carbocycles. The Morgan fingerprint density at radius 3 is 2.12 bits per heavy atom. The van der Waals surface area contributed by atoms with E-state index in [1.807, 2.05) is 74.5 Å². The summed E-state index contributed by atoms with van der Waals surface area (Å²) in [5.41, 5.74) is 12.2. The lowest BCUT2D eigenvalue weighted by Crippen LogP contribution is -2.57. The topological polar surface area (TPSA) is 199 Å². The maximum absolute atomic E-state index is 13.8. The van der Waals surface area contributed by atoms with Gasteiger partial charge in [-0.3, -0.25) is 19.4 Å². The van der Waals surface area contributed by atoms with Crippen molar-refractivity contribution in [2.45, 2.75) is 71.7 Å². The largest absolute Gasteiger partial charge is 0.496 e. The van der Waals surface area contributed by atoms with Crippen molar-refractivity contribution in [1.82, 2.24) is 16.0 Å². The van der Waals surface area contributed by atoms with Gasteiger partial charge in [0.25, 0.3) is 0 Å². The normalized spacial score (nSPS) is 12.5. The highest BCUT2D eigenvalue weighted by Gasteiger charge is 2.31. The molecule has 14 heteroatoms. The Hall–Kier alpha value is -5.04. The molecule has 0 bridgehead atoms. The van der Waals surface area contributed by atoms with Gasteiger partial charge in [-0.2, -0.15) is 0 Å². The number of halogens is 1. The molecule has 0 spiro atoms. The molecular weight excluding hydrogens is 662 g/mol. The summed E-state index contributed by atoms with van der Waals surface area (Å²) in [5.74, 6) is -1.37. The van der Waals surface area contributed by atoms with Crippen molar-refractivity contribution in [2.24, 2.45) is 28.3 Å². The van der Waals surface area contributed by atoms with Crippen molar-refractivity contribution >= 4 is 58.6 Å². The number of nitrogens with zero attached hydrogens (tertiary/aromatic N) is 1. The van der Waals surface area contributed by atoms with Gasteiger partial charge in [-0.05, 0) is 48.1 Å². The highest BCUT2D eigenvalue weighted by Crippen LogP contribution is 2.30. The predicted molar refractivity (Wildman–Crippen MR) is 198 cm³/mol. The number of rotatable bonds is 17. The third-order valence-electron chi connectivity index (χ3n) is 7.66. The summed E-state index contributed by atoms with van der Waals surface area (Å²) in [6.07, 6.45) is 0.129. The number of amides is 4. The van der Waals surface area contributed by atoms with E-state index >= 15 is 0 Å². The summed E-state index contributed by atoms with van der Waals surface area (Å²) in [4.78, 5) is 57.5. The van der Waals surface area contributed by atoms with Gasteiger partial charge in [-0.15, -0.1) is 12.4 Å². The summed E-state index contributed by atoms with van der Waals surface area (Å²) in [5, 5.41) is 12.9. The van der Waals surface area contributed by atoms with Crippen LogP contribution in [0.15, 0.2) is 71.7 Å². The second-order valence-corrected chi connectivity index (χ2v) is 12.5. The number of aliphatic imine (C=N–C) groups is 1. The molecule has 0 aliphatic heterocycles. The van der Waals surface area contributed by atoms with E-state index in [1.165, 1.54) is 0 Å². The summed E-state index contributed by atoms with van der Waals surface area (Å²) < 4.78 is 10.9. The van der Waals surface area contributed by atoms with Crippen LogP contribution >= 0.6 is 12.4 Å². The van der Waals surface area contributed by atoms with Crippen LogP contribution in [0.3, 0.4) is 0 Å². The number of nitrogens with one attached hydrogen (secondary N) is 4. The minimum absolute atomic E-state index is 0. The minimum atomic E-state index is -0.996. The van der Waals surface area contributed by atoms with E-state index in [-0.39, 0.29) is 56.2 Å². The van der Waals surface area contributed by atoms with Crippen LogP contribution in [0.25, 0.3) is 10.8 Å². The number of anilines is 1. The van der Waals surface area contributed by atoms with Gasteiger partial charge in [0.15, 0.2) is 5.96 Å². The van der Waals surface area contributed by atoms with Crippen LogP contribution < -0.4 is 37.5 Å². The van der Waals surface area contributed by atoms with Crippen LogP contribution in [0.1, 0.15) is 52.5 Å². The molecule has 0 aliphatic rings. The monoisotopic (exact) mass is 711 g/mol. The number of guanidine groups is 1. The van der Waals surface area contributed by atoms with Gasteiger partial charge < -0.3 is 42.2 Å². The highest BCUT2D eigenvalue weighted by molar-refractivity contribution is 6.01. The Balaban J connectivity index is 0.00000867. The molecule has 0 heterocycles. The first-order chi connectivity index (χ1) is 23.4. The average Bonchev–Trinajstić information content (AvgIpc) is 3.06. The zero-order valence-electron chi connectivity index (χ0n) is 29.2. The molecule has 4 amide bonds. The smallest absolute Gasteiger partial charge is 0.408 e. The quantitative estimate of drug-likeness (QED) is 0.0679. The Labute approximate surface area is 299 Å². The minimum Gasteiger partial charge on any atom is -0.496 e. The fourth-order valence-corrected chi connectivity index (χ4v) is 5.18. The lowest BCUT2D eigenvalue weighted by Gasteiger charge is -2.27. The predicted octanol–water partition coefficient (Wildman–Crippen LogP) is 4.23. The summed E-state index contributed by atoms with van der Waals surface area (Å²) in [6.45, 7) is 7.67. The zero-order valence-corrected chi connectivity index (χ0v) is 30.0. The number of ether oxygens (including phenoxy) is 2. The maximum Gasteiger partial charge on any atom is 0.408 e. The zero-order chi connectivity index (χ0) is 35.9. The fraction of sp³-hybridized carbons (Fsp3) is 0.417. The molecule has 0 fully saturated rings. The summed E-state index contributed by atoms with van der Waals surface area (Å²) >= 11 is 0. The molecule has 3 aromatic carbocycles. The SMILES string of the molecule is COc1cc(NC(=O)C(CCCN=C(N)N)NC(=O)C(CC(C)C)NC(=O)C(NC(=O)OCc2ccccc2)C(C)C)cc2ccccc12.Cl. The van der Waals surface area contributed by atoms with E-state index in [0.29, 0.717) is 17.9 Å². The van der Waals surface area contributed by atoms with Crippen molar-refractivity contribution in [3.8, 4) is 5.75 Å². The number of benzene rings is 3. The van der Waals surface area contributed by atoms with Gasteiger partial charge in [0.1, 0.15) is 30.5 Å². The lowest BCUT2D eigenvalue weighted by atomic mass is 9.99. The molecule has 272 valence electrons. The molecule has 0 saturated heterocycles. The summed E-state index contributed by atoms with van der Waals surface area (Å²) in [6, 6.07) is 17.3. The van der Waals surface area contributed by atoms with E-state index < -0.39 is 41.9 Å². The molecular formula is C36H50ClN7O6. The van der Waals surface area contributed by atoms with Crippen LogP contribution in [0.4, 0.5) is 10.5 Å². The van der Waals surface area contributed by atoms with Gasteiger partial charge >= 0.3 is 6.09 Å². The number of alkyl carbamates (subject to hydrolysis) is 1. The van der Waals surface area contributed by atoms with Crippen molar-refractivity contribution in [1.29, 1.82) is 0 Å². The van der Waals surface area contributed by atoms with Crippen LogP contribution in [0.2, 0.25) is 0 Å². The Kier molecular flexibility index (Phi) is 16.8. The molecule has 8 N–H and O–H groups in total. The molecule has 3 rings (SSSR count). The van der Waals surface area contributed by atoms with Crippen LogP contribution in [0.5, 0.6) is 5.75 Å². The third kappa shape index (κ3) is 13.1. The van der Waals surface area contributed by atoms with Crippen molar-refractivity contribution in [2.75, 3.05) is 19.0 Å². The Morgan fingerprint density at radius 2 is 1.48 bits per heavy atom. The van der Waals surface area contributed by atoms with Crippen LogP contribution in [0, 0.1) is 11.8 Å². The van der Waals surface area contributed by atoms with Gasteiger partial charge in [-0.1, -0.05) is 82.3 Å². The first-order valence-electron chi connectivity index (χ1n) is 16.4. The number of carbonyl (C=O) groups is 4. The van der Waals surface area contributed by atoms with E-state index in [1.54, 1.807) is 27.0 Å².